The van der Waals surface area contributed by atoms with Gasteiger partial charge in [-0.15, -0.1) is 0 Å². The summed E-state index contributed by atoms with van der Waals surface area (Å²) in [6.45, 7) is 7.04. The number of hydrogen-bond acceptors (Lipinski definition) is 5. The van der Waals surface area contributed by atoms with Crippen LogP contribution in [-0.4, -0.2) is 33.4 Å². The zero-order valence-corrected chi connectivity index (χ0v) is 17.0. The zero-order valence-electron chi connectivity index (χ0n) is 17.0. The Morgan fingerprint density at radius 2 is 1.76 bits per heavy atom. The predicted octanol–water partition coefficient (Wildman–Crippen LogP) is 4.67. The highest BCUT2D eigenvalue weighted by Crippen LogP contribution is 2.27. The number of carbonyl (C=O) groups excluding carboxylic acids is 1. The number of nitrogens with zero attached hydrogens (tertiary/aromatic N) is 3. The minimum atomic E-state index is -0.140. The van der Waals surface area contributed by atoms with E-state index in [1.54, 1.807) is 11.1 Å². The number of hydrogen-bond donors (Lipinski definition) is 1. The van der Waals surface area contributed by atoms with Gasteiger partial charge in [-0.3, -0.25) is 4.79 Å². The maximum Gasteiger partial charge on any atom is 0.274 e. The van der Waals surface area contributed by atoms with Crippen LogP contribution < -0.4 is 10.1 Å². The Bertz CT molecular complexity index is 927. The molecule has 0 spiro atoms. The lowest BCUT2D eigenvalue weighted by atomic mass is 10.2. The lowest BCUT2D eigenvalue weighted by Gasteiger charge is -2.20. The first-order chi connectivity index (χ1) is 14.1. The minimum Gasteiger partial charge on any atom is -0.489 e. The van der Waals surface area contributed by atoms with Gasteiger partial charge in [0.2, 0.25) is 0 Å². The molecule has 6 heteroatoms. The molecule has 1 amide bonds. The summed E-state index contributed by atoms with van der Waals surface area (Å²) in [6, 6.07) is 17.6. The summed E-state index contributed by atoms with van der Waals surface area (Å²) in [5.41, 5.74) is 2.20. The molecule has 0 bridgehead atoms. The van der Waals surface area contributed by atoms with E-state index in [1.165, 1.54) is 6.20 Å². The molecule has 0 fully saturated rings. The molecule has 3 rings (SSSR count). The second-order valence-corrected chi connectivity index (χ2v) is 6.88. The number of carbonyl (C=O) groups is 1. The molecule has 2 aromatic carbocycles. The summed E-state index contributed by atoms with van der Waals surface area (Å²) in [7, 11) is 0. The SMILES string of the molecule is CCN(Cc1ccccc1)C(=O)c1cnc(Nc2ccccc2OC(C)C)cn1. The third-order valence-electron chi connectivity index (χ3n) is 4.27. The molecule has 150 valence electrons. The lowest BCUT2D eigenvalue weighted by Crippen LogP contribution is -2.31. The van der Waals surface area contributed by atoms with Crippen LogP contribution in [0.4, 0.5) is 11.5 Å². The third-order valence-corrected chi connectivity index (χ3v) is 4.27. The van der Waals surface area contributed by atoms with E-state index in [-0.39, 0.29) is 12.0 Å². The minimum absolute atomic E-state index is 0.0636. The van der Waals surface area contributed by atoms with Crippen LogP contribution in [0.15, 0.2) is 67.0 Å². The molecule has 0 atom stereocenters. The second-order valence-electron chi connectivity index (χ2n) is 6.88. The second kappa shape index (κ2) is 9.68. The standard InChI is InChI=1S/C23H26N4O2/c1-4-27(16-18-10-6-5-7-11-18)23(28)20-14-25-22(15-24-20)26-19-12-8-9-13-21(19)29-17(2)3/h5-15,17H,4,16H2,1-3H3,(H,25,26). The summed E-state index contributed by atoms with van der Waals surface area (Å²) in [4.78, 5) is 23.2. The fraction of sp³-hybridized carbons (Fsp3) is 0.261. The molecule has 0 aliphatic heterocycles. The Labute approximate surface area is 171 Å². The van der Waals surface area contributed by atoms with Gasteiger partial charge in [-0.1, -0.05) is 42.5 Å². The maximum absolute atomic E-state index is 12.8. The molecule has 0 saturated carbocycles. The molecule has 6 nitrogen and oxygen atoms in total. The van der Waals surface area contributed by atoms with Gasteiger partial charge < -0.3 is 15.0 Å². The highest BCUT2D eigenvalue weighted by atomic mass is 16.5. The molecule has 0 aliphatic rings. The number of nitrogens with one attached hydrogen (secondary N) is 1. The summed E-state index contributed by atoms with van der Waals surface area (Å²) in [6.07, 6.45) is 3.13. The van der Waals surface area contributed by atoms with Crippen molar-refractivity contribution in [3.05, 3.63) is 78.2 Å². The van der Waals surface area contributed by atoms with Gasteiger partial charge in [-0.25, -0.2) is 9.97 Å². The Kier molecular flexibility index (Phi) is 6.79. The molecule has 0 aliphatic carbocycles. The highest BCUT2D eigenvalue weighted by Gasteiger charge is 2.16. The van der Waals surface area contributed by atoms with Crippen molar-refractivity contribution >= 4 is 17.4 Å². The van der Waals surface area contributed by atoms with Gasteiger partial charge in [0.1, 0.15) is 17.3 Å². The van der Waals surface area contributed by atoms with Crippen molar-refractivity contribution in [2.45, 2.75) is 33.4 Å². The van der Waals surface area contributed by atoms with Crippen LogP contribution in [0.2, 0.25) is 0 Å². The van der Waals surface area contributed by atoms with Crippen LogP contribution in [0.25, 0.3) is 0 Å². The van der Waals surface area contributed by atoms with E-state index in [0.717, 1.165) is 17.0 Å². The van der Waals surface area contributed by atoms with Crippen molar-refractivity contribution in [1.29, 1.82) is 0 Å². The lowest BCUT2D eigenvalue weighted by molar-refractivity contribution is 0.0746. The largest absolute Gasteiger partial charge is 0.489 e. The van der Waals surface area contributed by atoms with Gasteiger partial charge in [-0.05, 0) is 38.5 Å². The van der Waals surface area contributed by atoms with Crippen LogP contribution in [0.3, 0.4) is 0 Å². The van der Waals surface area contributed by atoms with Gasteiger partial charge in [0, 0.05) is 13.1 Å². The molecule has 3 aromatic rings. The predicted molar refractivity (Wildman–Crippen MR) is 114 cm³/mol. The van der Waals surface area contributed by atoms with Gasteiger partial charge in [-0.2, -0.15) is 0 Å². The van der Waals surface area contributed by atoms with Crippen LogP contribution in [0.5, 0.6) is 5.75 Å². The first-order valence-corrected chi connectivity index (χ1v) is 9.74. The molecule has 0 radical (unpaired) electrons. The fourth-order valence-corrected chi connectivity index (χ4v) is 2.86. The van der Waals surface area contributed by atoms with E-state index in [0.29, 0.717) is 24.6 Å². The van der Waals surface area contributed by atoms with Crippen molar-refractivity contribution in [1.82, 2.24) is 14.9 Å². The summed E-state index contributed by atoms with van der Waals surface area (Å²) in [5, 5.41) is 3.20. The highest BCUT2D eigenvalue weighted by molar-refractivity contribution is 5.92. The average molecular weight is 390 g/mol. The summed E-state index contributed by atoms with van der Waals surface area (Å²) in [5.74, 6) is 1.15. The number of rotatable bonds is 8. The van der Waals surface area contributed by atoms with Crippen molar-refractivity contribution in [3.8, 4) is 5.75 Å². The van der Waals surface area contributed by atoms with Gasteiger partial charge >= 0.3 is 0 Å². The van der Waals surface area contributed by atoms with Crippen LogP contribution in [-0.2, 0) is 6.54 Å². The molecule has 1 aromatic heterocycles. The van der Waals surface area contributed by atoms with Crippen molar-refractivity contribution in [2.75, 3.05) is 11.9 Å². The van der Waals surface area contributed by atoms with E-state index in [4.69, 9.17) is 4.74 Å². The van der Waals surface area contributed by atoms with Crippen LogP contribution in [0.1, 0.15) is 36.8 Å². The van der Waals surface area contributed by atoms with Gasteiger partial charge in [0.15, 0.2) is 0 Å². The molecule has 29 heavy (non-hydrogen) atoms. The average Bonchev–Trinajstić information content (AvgIpc) is 2.74. The van der Waals surface area contributed by atoms with E-state index >= 15 is 0 Å². The first kappa shape index (κ1) is 20.3. The monoisotopic (exact) mass is 390 g/mol. The molecule has 0 unspecified atom stereocenters. The van der Waals surface area contributed by atoms with Crippen molar-refractivity contribution in [3.63, 3.8) is 0 Å². The number of anilines is 2. The molecule has 0 saturated heterocycles. The zero-order chi connectivity index (χ0) is 20.6. The summed E-state index contributed by atoms with van der Waals surface area (Å²) < 4.78 is 5.81. The Hall–Kier alpha value is -3.41. The Morgan fingerprint density at radius 1 is 1.03 bits per heavy atom. The topological polar surface area (TPSA) is 67.4 Å². The van der Waals surface area contributed by atoms with Crippen LogP contribution >= 0.6 is 0 Å². The smallest absolute Gasteiger partial charge is 0.274 e. The van der Waals surface area contributed by atoms with E-state index in [1.807, 2.05) is 75.4 Å². The van der Waals surface area contributed by atoms with E-state index < -0.39 is 0 Å². The van der Waals surface area contributed by atoms with E-state index in [2.05, 4.69) is 15.3 Å². The Balaban J connectivity index is 1.70. The van der Waals surface area contributed by atoms with Crippen molar-refractivity contribution in [2.24, 2.45) is 0 Å². The van der Waals surface area contributed by atoms with Crippen LogP contribution in [0, 0.1) is 0 Å². The molecular formula is C23H26N4O2. The number of aromatic nitrogens is 2. The number of benzene rings is 2. The summed E-state index contributed by atoms with van der Waals surface area (Å²) >= 11 is 0. The maximum atomic E-state index is 12.8. The molecule has 1 heterocycles. The number of amides is 1. The van der Waals surface area contributed by atoms with E-state index in [9.17, 15) is 4.79 Å². The third kappa shape index (κ3) is 5.54. The normalized spacial score (nSPS) is 10.6. The number of ether oxygens (including phenoxy) is 1. The van der Waals surface area contributed by atoms with Gasteiger partial charge in [0.25, 0.3) is 5.91 Å². The fourth-order valence-electron chi connectivity index (χ4n) is 2.86. The molecule has 1 N–H and O–H groups in total. The number of para-hydroxylation sites is 2. The van der Waals surface area contributed by atoms with Gasteiger partial charge in [0.05, 0.1) is 24.2 Å². The quantitative estimate of drug-likeness (QED) is 0.605. The molecular weight excluding hydrogens is 364 g/mol. The van der Waals surface area contributed by atoms with Crippen molar-refractivity contribution < 1.29 is 9.53 Å². The Morgan fingerprint density at radius 3 is 2.41 bits per heavy atom. The first-order valence-electron chi connectivity index (χ1n) is 9.74.